The maximum absolute atomic E-state index is 12.2. The van der Waals surface area contributed by atoms with Crippen molar-refractivity contribution >= 4 is 38.1 Å². The Balaban J connectivity index is 2.33. The first kappa shape index (κ1) is 14.6. The lowest BCUT2D eigenvalue weighted by Gasteiger charge is -2.05. The molecule has 0 saturated heterocycles. The molecule has 2 aromatic rings. The third-order valence-corrected chi connectivity index (χ3v) is 4.39. The van der Waals surface area contributed by atoms with E-state index in [-0.39, 0.29) is 16.5 Å². The van der Waals surface area contributed by atoms with Crippen LogP contribution in [-0.4, -0.2) is 14.1 Å². The van der Waals surface area contributed by atoms with E-state index < -0.39 is 15.7 Å². The normalized spacial score (nSPS) is 12.1. The first-order valence-electron chi connectivity index (χ1n) is 5.50. The zero-order valence-electron chi connectivity index (χ0n) is 10.2. The highest BCUT2D eigenvalue weighted by Gasteiger charge is 2.18. The smallest absolute Gasteiger partial charge is 0.274 e. The summed E-state index contributed by atoms with van der Waals surface area (Å²) in [6.45, 7) is 0. The summed E-state index contributed by atoms with van der Waals surface area (Å²) in [7, 11) is -1.54. The van der Waals surface area contributed by atoms with Crippen LogP contribution in [0, 0.1) is 10.1 Å². The van der Waals surface area contributed by atoms with Gasteiger partial charge in [-0.3, -0.25) is 14.3 Å². The van der Waals surface area contributed by atoms with E-state index in [1.165, 1.54) is 12.3 Å². The van der Waals surface area contributed by atoms with Crippen LogP contribution in [0.5, 0.6) is 0 Å². The average molecular weight is 356 g/mol. The number of nitrogen functional groups attached to an aromatic ring is 1. The van der Waals surface area contributed by atoms with Crippen LogP contribution >= 0.6 is 15.9 Å². The number of pyridine rings is 1. The largest absolute Gasteiger partial charge is 0.396 e. The van der Waals surface area contributed by atoms with E-state index in [2.05, 4.69) is 20.9 Å². The third kappa shape index (κ3) is 3.20. The fourth-order valence-corrected chi connectivity index (χ4v) is 3.15. The summed E-state index contributed by atoms with van der Waals surface area (Å²) < 4.78 is 12.8. The first-order chi connectivity index (χ1) is 9.49. The number of benzene rings is 1. The Kier molecular flexibility index (Phi) is 4.46. The lowest BCUT2D eigenvalue weighted by molar-refractivity contribution is -0.385. The van der Waals surface area contributed by atoms with Crippen molar-refractivity contribution in [3.8, 4) is 0 Å². The number of nitro groups is 1. The summed E-state index contributed by atoms with van der Waals surface area (Å²) in [4.78, 5) is 14.5. The molecule has 1 unspecified atom stereocenters. The van der Waals surface area contributed by atoms with Gasteiger partial charge in [-0.05, 0) is 18.2 Å². The maximum Gasteiger partial charge on any atom is 0.274 e. The van der Waals surface area contributed by atoms with Crippen molar-refractivity contribution in [2.75, 3.05) is 5.73 Å². The van der Waals surface area contributed by atoms with Crippen LogP contribution in [0.3, 0.4) is 0 Å². The third-order valence-electron chi connectivity index (χ3n) is 2.55. The number of aromatic nitrogens is 1. The van der Waals surface area contributed by atoms with Crippen LogP contribution in [0.2, 0.25) is 0 Å². The lowest BCUT2D eigenvalue weighted by Crippen LogP contribution is -2.05. The van der Waals surface area contributed by atoms with Crippen LogP contribution < -0.4 is 5.73 Å². The zero-order valence-corrected chi connectivity index (χ0v) is 12.6. The Morgan fingerprint density at radius 1 is 1.40 bits per heavy atom. The number of hydrogen-bond acceptors (Lipinski definition) is 5. The predicted octanol–water partition coefficient (Wildman–Crippen LogP) is 2.64. The molecule has 0 bridgehead atoms. The summed E-state index contributed by atoms with van der Waals surface area (Å²) in [5, 5.41) is 11.2. The molecular weight excluding hydrogens is 346 g/mol. The van der Waals surface area contributed by atoms with Gasteiger partial charge in [0.2, 0.25) is 0 Å². The molecule has 2 rings (SSSR count). The Bertz CT molecular complexity index is 693. The molecule has 0 aliphatic heterocycles. The molecule has 1 aromatic heterocycles. The molecule has 0 aliphatic rings. The number of nitrogens with zero attached hydrogens (tertiary/aromatic N) is 2. The van der Waals surface area contributed by atoms with Crippen molar-refractivity contribution in [2.24, 2.45) is 0 Å². The molecule has 2 N–H and O–H groups in total. The molecule has 1 aromatic carbocycles. The van der Waals surface area contributed by atoms with E-state index in [1.807, 2.05) is 0 Å². The highest BCUT2D eigenvalue weighted by atomic mass is 79.9. The molecule has 8 heteroatoms. The molecule has 0 spiro atoms. The van der Waals surface area contributed by atoms with Crippen LogP contribution in [0.15, 0.2) is 46.0 Å². The summed E-state index contributed by atoms with van der Waals surface area (Å²) >= 11 is 3.17. The molecule has 6 nitrogen and oxygen atoms in total. The average Bonchev–Trinajstić information content (AvgIpc) is 2.41. The second-order valence-corrected chi connectivity index (χ2v) is 6.20. The highest BCUT2D eigenvalue weighted by Crippen LogP contribution is 2.26. The monoisotopic (exact) mass is 355 g/mol. The van der Waals surface area contributed by atoms with E-state index in [9.17, 15) is 14.3 Å². The van der Waals surface area contributed by atoms with E-state index in [0.717, 1.165) is 0 Å². The number of rotatable bonds is 4. The Hall–Kier alpha value is -1.80. The summed E-state index contributed by atoms with van der Waals surface area (Å²) in [6.07, 6.45) is 1.49. The van der Waals surface area contributed by atoms with Crippen molar-refractivity contribution in [1.29, 1.82) is 0 Å². The molecule has 104 valence electrons. The zero-order chi connectivity index (χ0) is 14.7. The van der Waals surface area contributed by atoms with Crippen molar-refractivity contribution in [2.45, 2.75) is 10.8 Å². The second kappa shape index (κ2) is 6.10. The topological polar surface area (TPSA) is 99.1 Å². The summed E-state index contributed by atoms with van der Waals surface area (Å²) in [5.41, 5.74) is 6.31. The molecule has 0 aliphatic carbocycles. The van der Waals surface area contributed by atoms with Gasteiger partial charge in [-0.1, -0.05) is 22.0 Å². The highest BCUT2D eigenvalue weighted by molar-refractivity contribution is 9.10. The van der Waals surface area contributed by atoms with Crippen LogP contribution in [-0.2, 0) is 16.6 Å². The van der Waals surface area contributed by atoms with Crippen LogP contribution in [0.4, 0.5) is 11.4 Å². The number of anilines is 1. The SMILES string of the molecule is Nc1cccnc1S(=O)Cc1ccc(Br)cc1[N+](=O)[O-]. The van der Waals surface area contributed by atoms with Gasteiger partial charge >= 0.3 is 0 Å². The molecule has 0 fully saturated rings. The van der Waals surface area contributed by atoms with Gasteiger partial charge in [0.25, 0.3) is 5.69 Å². The fraction of sp³-hybridized carbons (Fsp3) is 0.0833. The summed E-state index contributed by atoms with van der Waals surface area (Å²) in [5.74, 6) is -0.00912. The molecule has 1 heterocycles. The molecule has 1 atom stereocenters. The fourth-order valence-electron chi connectivity index (χ4n) is 1.63. The van der Waals surface area contributed by atoms with Crippen LogP contribution in [0.1, 0.15) is 5.56 Å². The first-order valence-corrected chi connectivity index (χ1v) is 7.62. The van der Waals surface area contributed by atoms with Crippen molar-refractivity contribution in [1.82, 2.24) is 4.98 Å². The van der Waals surface area contributed by atoms with Gasteiger partial charge in [0.05, 0.1) is 27.2 Å². The van der Waals surface area contributed by atoms with Gasteiger partial charge in [-0.25, -0.2) is 4.98 Å². The van der Waals surface area contributed by atoms with Gasteiger partial charge in [-0.2, -0.15) is 0 Å². The van der Waals surface area contributed by atoms with E-state index in [1.54, 1.807) is 24.3 Å². The van der Waals surface area contributed by atoms with Gasteiger partial charge in [0, 0.05) is 22.3 Å². The van der Waals surface area contributed by atoms with E-state index in [0.29, 0.717) is 15.7 Å². The van der Waals surface area contributed by atoms with E-state index in [4.69, 9.17) is 5.73 Å². The molecular formula is C12H10BrN3O3S. The van der Waals surface area contributed by atoms with Gasteiger partial charge in [0.15, 0.2) is 0 Å². The van der Waals surface area contributed by atoms with Gasteiger partial charge < -0.3 is 5.73 Å². The Morgan fingerprint density at radius 2 is 2.15 bits per heavy atom. The standard InChI is InChI=1S/C12H10BrN3O3S/c13-9-4-3-8(11(6-9)16(17)18)7-20(19)12-10(14)2-1-5-15-12/h1-6H,7,14H2. The molecule has 20 heavy (non-hydrogen) atoms. The maximum atomic E-state index is 12.2. The van der Waals surface area contributed by atoms with Gasteiger partial charge in [-0.15, -0.1) is 0 Å². The second-order valence-electron chi connectivity index (χ2n) is 3.92. The van der Waals surface area contributed by atoms with Gasteiger partial charge in [0.1, 0.15) is 5.03 Å². The Morgan fingerprint density at radius 3 is 2.80 bits per heavy atom. The predicted molar refractivity (Wildman–Crippen MR) is 79.6 cm³/mol. The van der Waals surface area contributed by atoms with Crippen LogP contribution in [0.25, 0.3) is 0 Å². The molecule has 0 radical (unpaired) electrons. The van der Waals surface area contributed by atoms with Crippen molar-refractivity contribution in [3.05, 3.63) is 56.7 Å². The number of nitrogens with two attached hydrogens (primary N) is 1. The molecule has 0 amide bonds. The quantitative estimate of drug-likeness (QED) is 0.671. The molecule has 0 saturated carbocycles. The number of halogens is 1. The Labute approximate surface area is 125 Å². The number of nitro benzene ring substituents is 1. The van der Waals surface area contributed by atoms with Crippen molar-refractivity contribution < 1.29 is 9.13 Å². The number of hydrogen-bond donors (Lipinski definition) is 1. The van der Waals surface area contributed by atoms with Crippen molar-refractivity contribution in [3.63, 3.8) is 0 Å². The minimum absolute atomic E-state index is 0.00912. The summed E-state index contributed by atoms with van der Waals surface area (Å²) in [6, 6.07) is 7.85. The van der Waals surface area contributed by atoms with E-state index >= 15 is 0 Å². The minimum atomic E-state index is -1.54. The lowest BCUT2D eigenvalue weighted by atomic mass is 10.2. The minimum Gasteiger partial charge on any atom is -0.396 e.